The maximum absolute atomic E-state index is 11.5. The van der Waals surface area contributed by atoms with Gasteiger partial charge in [-0.1, -0.05) is 11.6 Å². The lowest BCUT2D eigenvalue weighted by atomic mass is 10.0. The summed E-state index contributed by atoms with van der Waals surface area (Å²) in [7, 11) is 0. The van der Waals surface area contributed by atoms with Crippen LogP contribution >= 0.6 is 11.6 Å². The number of halogens is 1. The molecule has 0 aliphatic carbocycles. The van der Waals surface area contributed by atoms with Crippen LogP contribution in [0.2, 0.25) is 5.15 Å². The van der Waals surface area contributed by atoms with Crippen LogP contribution in [0, 0.1) is 0 Å². The first-order valence-electron chi connectivity index (χ1n) is 6.55. The molecule has 1 N–H and O–H groups in total. The first kappa shape index (κ1) is 14.8. The van der Waals surface area contributed by atoms with Crippen LogP contribution in [0.25, 0.3) is 0 Å². The van der Waals surface area contributed by atoms with Crippen LogP contribution in [0.5, 0.6) is 0 Å². The van der Waals surface area contributed by atoms with Gasteiger partial charge in [-0.25, -0.2) is 4.79 Å². The Morgan fingerprint density at radius 2 is 2.15 bits per heavy atom. The highest BCUT2D eigenvalue weighted by Crippen LogP contribution is 2.26. The molecule has 7 heteroatoms. The number of nitrogens with zero attached hydrogens (tertiary/aromatic N) is 4. The minimum atomic E-state index is -0.883. The largest absolute Gasteiger partial charge is 0.465 e. The Hall–Kier alpha value is -1.56. The fourth-order valence-electron chi connectivity index (χ4n) is 2.63. The smallest absolute Gasteiger partial charge is 0.408 e. The molecule has 110 valence electrons. The van der Waals surface area contributed by atoms with E-state index in [1.807, 2.05) is 25.7 Å². The predicted octanol–water partition coefficient (Wildman–Crippen LogP) is 2.49. The van der Waals surface area contributed by atoms with Gasteiger partial charge >= 0.3 is 6.09 Å². The van der Waals surface area contributed by atoms with E-state index in [2.05, 4.69) is 10.2 Å². The van der Waals surface area contributed by atoms with Crippen molar-refractivity contribution in [3.05, 3.63) is 17.3 Å². The summed E-state index contributed by atoms with van der Waals surface area (Å²) in [4.78, 5) is 15.0. The van der Waals surface area contributed by atoms with Gasteiger partial charge in [-0.15, -0.1) is 10.2 Å². The molecule has 2 heterocycles. The summed E-state index contributed by atoms with van der Waals surface area (Å²) in [5, 5.41) is 17.6. The van der Waals surface area contributed by atoms with E-state index < -0.39 is 11.6 Å². The molecule has 1 amide bonds. The minimum absolute atomic E-state index is 0.0371. The lowest BCUT2D eigenvalue weighted by molar-refractivity contribution is 0.0763. The third kappa shape index (κ3) is 3.12. The molecule has 1 atom stereocenters. The Balaban J connectivity index is 2.11. The summed E-state index contributed by atoms with van der Waals surface area (Å²) in [6.07, 6.45) is -0.0972. The molecule has 2 rings (SSSR count). The molecular weight excluding hydrogens is 280 g/mol. The molecular formula is C13H19ClN4O2. The second kappa shape index (κ2) is 5.44. The molecule has 1 aromatic rings. The topological polar surface area (TPSA) is 69.6 Å². The van der Waals surface area contributed by atoms with Crippen LogP contribution in [-0.4, -0.2) is 51.0 Å². The third-order valence-electron chi connectivity index (χ3n) is 3.40. The van der Waals surface area contributed by atoms with Crippen molar-refractivity contribution in [1.82, 2.24) is 15.1 Å². The van der Waals surface area contributed by atoms with Gasteiger partial charge in [-0.2, -0.15) is 0 Å². The van der Waals surface area contributed by atoms with E-state index in [4.69, 9.17) is 11.6 Å². The molecule has 1 aliphatic rings. The number of rotatable bonds is 2. The van der Waals surface area contributed by atoms with Crippen LogP contribution in [0.4, 0.5) is 10.6 Å². The number of hydrogen-bond donors (Lipinski definition) is 1. The molecule has 0 unspecified atom stereocenters. The van der Waals surface area contributed by atoms with Gasteiger partial charge in [-0.3, -0.25) is 4.90 Å². The number of carbonyl (C=O) groups is 1. The van der Waals surface area contributed by atoms with E-state index in [9.17, 15) is 9.90 Å². The lowest BCUT2D eigenvalue weighted by Crippen LogP contribution is -2.52. The van der Waals surface area contributed by atoms with Crippen molar-refractivity contribution < 1.29 is 9.90 Å². The van der Waals surface area contributed by atoms with Gasteiger partial charge < -0.3 is 10.0 Å². The zero-order chi connectivity index (χ0) is 14.9. The molecule has 1 saturated heterocycles. The fourth-order valence-corrected chi connectivity index (χ4v) is 2.73. The Morgan fingerprint density at radius 1 is 1.45 bits per heavy atom. The molecule has 0 spiro atoms. The Kier molecular flexibility index (Phi) is 4.04. The zero-order valence-corrected chi connectivity index (χ0v) is 12.6. The quantitative estimate of drug-likeness (QED) is 0.908. The van der Waals surface area contributed by atoms with Crippen molar-refractivity contribution in [3.8, 4) is 0 Å². The standard InChI is InChI=1S/C13H19ClN4O2/c1-13(2,3)18(12(19)20)9-6-7-17(8-9)11-5-4-10(14)15-16-11/h4-5,9H,6-8H2,1-3H3,(H,19,20)/t9-/m0/s1. The highest BCUT2D eigenvalue weighted by molar-refractivity contribution is 6.29. The summed E-state index contributed by atoms with van der Waals surface area (Å²) in [6, 6.07) is 3.46. The van der Waals surface area contributed by atoms with Crippen molar-refractivity contribution in [2.24, 2.45) is 0 Å². The maximum Gasteiger partial charge on any atom is 0.408 e. The number of anilines is 1. The number of hydrogen-bond acceptors (Lipinski definition) is 4. The fraction of sp³-hybridized carbons (Fsp3) is 0.615. The van der Waals surface area contributed by atoms with E-state index in [0.717, 1.165) is 18.8 Å². The summed E-state index contributed by atoms with van der Waals surface area (Å²) >= 11 is 5.72. The van der Waals surface area contributed by atoms with Crippen molar-refractivity contribution in [2.45, 2.75) is 38.8 Å². The van der Waals surface area contributed by atoms with Crippen LogP contribution in [-0.2, 0) is 0 Å². The maximum atomic E-state index is 11.5. The lowest BCUT2D eigenvalue weighted by Gasteiger charge is -2.37. The Labute approximate surface area is 123 Å². The molecule has 6 nitrogen and oxygen atoms in total. The van der Waals surface area contributed by atoms with Gasteiger partial charge in [0.25, 0.3) is 0 Å². The summed E-state index contributed by atoms with van der Waals surface area (Å²) in [5.74, 6) is 0.733. The Bertz CT molecular complexity index is 486. The van der Waals surface area contributed by atoms with Crippen LogP contribution in [0.15, 0.2) is 12.1 Å². The van der Waals surface area contributed by atoms with E-state index in [1.165, 1.54) is 4.90 Å². The Morgan fingerprint density at radius 3 is 2.65 bits per heavy atom. The van der Waals surface area contributed by atoms with Crippen LogP contribution in [0.3, 0.4) is 0 Å². The van der Waals surface area contributed by atoms with Gasteiger partial charge in [0.05, 0.1) is 6.04 Å². The highest BCUT2D eigenvalue weighted by Gasteiger charge is 2.37. The molecule has 0 saturated carbocycles. The van der Waals surface area contributed by atoms with Crippen molar-refractivity contribution in [2.75, 3.05) is 18.0 Å². The van der Waals surface area contributed by atoms with Crippen molar-refractivity contribution in [1.29, 1.82) is 0 Å². The number of amides is 1. The summed E-state index contributed by atoms with van der Waals surface area (Å²) in [5.41, 5.74) is -0.418. The second-order valence-electron chi connectivity index (χ2n) is 5.93. The van der Waals surface area contributed by atoms with E-state index >= 15 is 0 Å². The first-order chi connectivity index (χ1) is 9.29. The van der Waals surface area contributed by atoms with Gasteiger partial charge in [0.2, 0.25) is 0 Å². The number of aromatic nitrogens is 2. The average Bonchev–Trinajstić information content (AvgIpc) is 2.76. The zero-order valence-electron chi connectivity index (χ0n) is 11.9. The van der Waals surface area contributed by atoms with Crippen LogP contribution in [0.1, 0.15) is 27.2 Å². The van der Waals surface area contributed by atoms with Crippen molar-refractivity contribution in [3.63, 3.8) is 0 Å². The average molecular weight is 299 g/mol. The van der Waals surface area contributed by atoms with E-state index in [-0.39, 0.29) is 6.04 Å². The van der Waals surface area contributed by atoms with Gasteiger partial charge in [0.1, 0.15) is 0 Å². The molecule has 20 heavy (non-hydrogen) atoms. The predicted molar refractivity (Wildman–Crippen MR) is 77.3 cm³/mol. The first-order valence-corrected chi connectivity index (χ1v) is 6.93. The van der Waals surface area contributed by atoms with Crippen molar-refractivity contribution >= 4 is 23.5 Å². The molecule has 0 radical (unpaired) electrons. The van der Waals surface area contributed by atoms with E-state index in [0.29, 0.717) is 11.7 Å². The monoisotopic (exact) mass is 298 g/mol. The van der Waals surface area contributed by atoms with Gasteiger partial charge in [0, 0.05) is 18.6 Å². The molecule has 1 aromatic heterocycles. The van der Waals surface area contributed by atoms with Crippen LogP contribution < -0.4 is 4.90 Å². The summed E-state index contributed by atoms with van der Waals surface area (Å²) in [6.45, 7) is 7.12. The second-order valence-corrected chi connectivity index (χ2v) is 6.31. The normalized spacial score (nSPS) is 19.2. The SMILES string of the molecule is CC(C)(C)N(C(=O)O)[C@H]1CCN(c2ccc(Cl)nn2)C1. The molecule has 0 aromatic carbocycles. The molecule has 1 fully saturated rings. The van der Waals surface area contributed by atoms with E-state index in [1.54, 1.807) is 12.1 Å². The molecule has 1 aliphatic heterocycles. The van der Waals surface area contributed by atoms with Gasteiger partial charge in [0.15, 0.2) is 11.0 Å². The molecule has 0 bridgehead atoms. The minimum Gasteiger partial charge on any atom is -0.465 e. The summed E-state index contributed by atoms with van der Waals surface area (Å²) < 4.78 is 0. The third-order valence-corrected chi connectivity index (χ3v) is 3.60. The number of carboxylic acid groups (broad SMARTS) is 1. The highest BCUT2D eigenvalue weighted by atomic mass is 35.5. The van der Waals surface area contributed by atoms with Gasteiger partial charge in [-0.05, 0) is 39.3 Å².